The lowest BCUT2D eigenvalue weighted by Gasteiger charge is -2.32. The van der Waals surface area contributed by atoms with Crippen molar-refractivity contribution >= 4 is 5.91 Å². The molecule has 3 unspecified atom stereocenters. The fraction of sp³-hybridized carbons (Fsp3) is 0.688. The molecule has 0 bridgehead atoms. The van der Waals surface area contributed by atoms with E-state index in [0.29, 0.717) is 18.5 Å². The molecule has 0 aliphatic heterocycles. The predicted octanol–water partition coefficient (Wildman–Crippen LogP) is 2.79. The zero-order chi connectivity index (χ0) is 14.5. The summed E-state index contributed by atoms with van der Waals surface area (Å²) in [5.41, 5.74) is 0. The van der Waals surface area contributed by atoms with Crippen LogP contribution in [-0.2, 0) is 11.3 Å². The van der Waals surface area contributed by atoms with Crippen LogP contribution in [-0.4, -0.2) is 29.9 Å². The number of hydrogen-bond acceptors (Lipinski definition) is 3. The van der Waals surface area contributed by atoms with Crippen molar-refractivity contribution < 1.29 is 9.21 Å². The Hall–Kier alpha value is -1.29. The van der Waals surface area contributed by atoms with Crippen molar-refractivity contribution in [2.24, 2.45) is 5.92 Å². The SMILES string of the molecule is CC1CCCCC1NC(=O)C(C)N(C)Cc1ccco1. The van der Waals surface area contributed by atoms with Crippen molar-refractivity contribution in [2.45, 2.75) is 58.2 Å². The van der Waals surface area contributed by atoms with Gasteiger partial charge < -0.3 is 9.73 Å². The van der Waals surface area contributed by atoms with Crippen molar-refractivity contribution in [3.8, 4) is 0 Å². The Morgan fingerprint density at radius 3 is 2.90 bits per heavy atom. The van der Waals surface area contributed by atoms with E-state index < -0.39 is 0 Å². The Kier molecular flexibility index (Phi) is 5.24. The summed E-state index contributed by atoms with van der Waals surface area (Å²) in [4.78, 5) is 14.4. The number of nitrogens with zero attached hydrogens (tertiary/aromatic N) is 1. The summed E-state index contributed by atoms with van der Waals surface area (Å²) in [5, 5.41) is 3.22. The fourth-order valence-corrected chi connectivity index (χ4v) is 2.82. The van der Waals surface area contributed by atoms with Crippen LogP contribution in [0, 0.1) is 5.92 Å². The molecule has 0 saturated heterocycles. The van der Waals surface area contributed by atoms with Crippen LogP contribution in [0.5, 0.6) is 0 Å². The molecule has 1 aliphatic rings. The van der Waals surface area contributed by atoms with E-state index in [1.165, 1.54) is 19.3 Å². The molecule has 1 aromatic rings. The van der Waals surface area contributed by atoms with E-state index >= 15 is 0 Å². The number of carbonyl (C=O) groups excluding carboxylic acids is 1. The average Bonchev–Trinajstić information content (AvgIpc) is 2.93. The second-order valence-electron chi connectivity index (χ2n) is 6.05. The van der Waals surface area contributed by atoms with Crippen LogP contribution in [0.25, 0.3) is 0 Å². The second kappa shape index (κ2) is 6.93. The van der Waals surface area contributed by atoms with Gasteiger partial charge >= 0.3 is 0 Å². The number of nitrogens with one attached hydrogen (secondary N) is 1. The molecular formula is C16H26N2O2. The first-order valence-corrected chi connectivity index (χ1v) is 7.61. The first-order valence-electron chi connectivity index (χ1n) is 7.61. The minimum absolute atomic E-state index is 0.123. The van der Waals surface area contributed by atoms with Crippen LogP contribution < -0.4 is 5.32 Å². The summed E-state index contributed by atoms with van der Waals surface area (Å²) in [6, 6.07) is 4.01. The summed E-state index contributed by atoms with van der Waals surface area (Å²) in [6.45, 7) is 4.84. The van der Waals surface area contributed by atoms with E-state index in [4.69, 9.17) is 4.42 Å². The van der Waals surface area contributed by atoms with Crippen LogP contribution in [0.3, 0.4) is 0 Å². The van der Waals surface area contributed by atoms with Gasteiger partial charge in [-0.3, -0.25) is 9.69 Å². The number of amides is 1. The zero-order valence-electron chi connectivity index (χ0n) is 12.8. The van der Waals surface area contributed by atoms with E-state index in [1.807, 2.05) is 31.0 Å². The van der Waals surface area contributed by atoms with E-state index in [1.54, 1.807) is 6.26 Å². The molecule has 1 heterocycles. The molecule has 0 spiro atoms. The van der Waals surface area contributed by atoms with Crippen molar-refractivity contribution in [3.05, 3.63) is 24.2 Å². The van der Waals surface area contributed by atoms with Crippen LogP contribution in [0.15, 0.2) is 22.8 Å². The first kappa shape index (κ1) is 15.1. The molecule has 1 aliphatic carbocycles. The van der Waals surface area contributed by atoms with E-state index in [-0.39, 0.29) is 11.9 Å². The van der Waals surface area contributed by atoms with Gasteiger partial charge in [0.15, 0.2) is 0 Å². The van der Waals surface area contributed by atoms with E-state index in [9.17, 15) is 4.79 Å². The van der Waals surface area contributed by atoms with Gasteiger partial charge in [0.2, 0.25) is 5.91 Å². The molecule has 1 N–H and O–H groups in total. The highest BCUT2D eigenvalue weighted by molar-refractivity contribution is 5.81. The minimum atomic E-state index is -0.144. The van der Waals surface area contributed by atoms with Crippen LogP contribution >= 0.6 is 0 Å². The van der Waals surface area contributed by atoms with Gasteiger partial charge in [0.25, 0.3) is 0 Å². The monoisotopic (exact) mass is 278 g/mol. The van der Waals surface area contributed by atoms with Crippen molar-refractivity contribution in [3.63, 3.8) is 0 Å². The predicted molar refractivity (Wildman–Crippen MR) is 79.2 cm³/mol. The van der Waals surface area contributed by atoms with Gasteiger partial charge in [-0.1, -0.05) is 19.8 Å². The maximum Gasteiger partial charge on any atom is 0.237 e. The van der Waals surface area contributed by atoms with Crippen molar-refractivity contribution in [1.82, 2.24) is 10.2 Å². The quantitative estimate of drug-likeness (QED) is 0.901. The van der Waals surface area contributed by atoms with Crippen LogP contribution in [0.4, 0.5) is 0 Å². The highest BCUT2D eigenvalue weighted by Gasteiger charge is 2.26. The molecule has 112 valence electrons. The Labute approximate surface area is 121 Å². The molecule has 3 atom stereocenters. The maximum absolute atomic E-state index is 12.3. The van der Waals surface area contributed by atoms with E-state index in [0.717, 1.165) is 12.2 Å². The molecule has 4 nitrogen and oxygen atoms in total. The normalized spacial score (nSPS) is 24.6. The van der Waals surface area contributed by atoms with Gasteiger partial charge in [-0.05, 0) is 44.9 Å². The van der Waals surface area contributed by atoms with Gasteiger partial charge in [-0.15, -0.1) is 0 Å². The smallest absolute Gasteiger partial charge is 0.237 e. The minimum Gasteiger partial charge on any atom is -0.468 e. The highest BCUT2D eigenvalue weighted by atomic mass is 16.3. The van der Waals surface area contributed by atoms with Crippen molar-refractivity contribution in [2.75, 3.05) is 7.05 Å². The Balaban J connectivity index is 1.84. The number of likely N-dealkylation sites (N-methyl/N-ethyl adjacent to an activating group) is 1. The summed E-state index contributed by atoms with van der Waals surface area (Å²) >= 11 is 0. The highest BCUT2D eigenvalue weighted by Crippen LogP contribution is 2.23. The van der Waals surface area contributed by atoms with Crippen LogP contribution in [0.2, 0.25) is 0 Å². The molecule has 1 aromatic heterocycles. The largest absolute Gasteiger partial charge is 0.468 e. The fourth-order valence-electron chi connectivity index (χ4n) is 2.82. The van der Waals surface area contributed by atoms with Crippen LogP contribution in [0.1, 0.15) is 45.3 Å². The summed E-state index contributed by atoms with van der Waals surface area (Å²) in [6.07, 6.45) is 6.52. The molecule has 4 heteroatoms. The second-order valence-corrected chi connectivity index (χ2v) is 6.05. The molecule has 20 heavy (non-hydrogen) atoms. The summed E-state index contributed by atoms with van der Waals surface area (Å²) < 4.78 is 5.33. The molecule has 2 rings (SSSR count). The topological polar surface area (TPSA) is 45.5 Å². The number of carbonyl (C=O) groups is 1. The Bertz CT molecular complexity index is 416. The van der Waals surface area contributed by atoms with Gasteiger partial charge in [0, 0.05) is 6.04 Å². The third-order valence-corrected chi connectivity index (χ3v) is 4.47. The Morgan fingerprint density at radius 1 is 1.50 bits per heavy atom. The first-order chi connectivity index (χ1) is 9.58. The van der Waals surface area contributed by atoms with Gasteiger partial charge in [-0.25, -0.2) is 0 Å². The molecule has 1 amide bonds. The molecule has 0 radical (unpaired) electrons. The van der Waals surface area contributed by atoms with Gasteiger partial charge in [0.05, 0.1) is 18.8 Å². The lowest BCUT2D eigenvalue weighted by molar-refractivity contribution is -0.127. The molecule has 1 fully saturated rings. The average molecular weight is 278 g/mol. The third-order valence-electron chi connectivity index (χ3n) is 4.47. The molecule has 1 saturated carbocycles. The summed E-state index contributed by atoms with van der Waals surface area (Å²) in [5.74, 6) is 1.60. The summed E-state index contributed by atoms with van der Waals surface area (Å²) in [7, 11) is 1.96. The standard InChI is InChI=1S/C16H26N2O2/c1-12-7-4-5-9-15(12)17-16(19)13(2)18(3)11-14-8-6-10-20-14/h6,8,10,12-13,15H,4-5,7,9,11H2,1-3H3,(H,17,19). The lowest BCUT2D eigenvalue weighted by Crippen LogP contribution is -2.49. The van der Waals surface area contributed by atoms with Crippen molar-refractivity contribution in [1.29, 1.82) is 0 Å². The van der Waals surface area contributed by atoms with E-state index in [2.05, 4.69) is 12.2 Å². The Morgan fingerprint density at radius 2 is 2.25 bits per heavy atom. The number of furan rings is 1. The third kappa shape index (κ3) is 3.85. The number of rotatable bonds is 5. The van der Waals surface area contributed by atoms with Gasteiger partial charge in [-0.2, -0.15) is 0 Å². The zero-order valence-corrected chi connectivity index (χ0v) is 12.8. The van der Waals surface area contributed by atoms with Gasteiger partial charge in [0.1, 0.15) is 5.76 Å². The molecule has 0 aromatic carbocycles. The maximum atomic E-state index is 12.3. The lowest BCUT2D eigenvalue weighted by atomic mass is 9.86. The number of hydrogen-bond donors (Lipinski definition) is 1. The molecular weight excluding hydrogens is 252 g/mol.